The lowest BCUT2D eigenvalue weighted by atomic mass is 10.1. The molecule has 1 saturated heterocycles. The van der Waals surface area contributed by atoms with Gasteiger partial charge in [0.1, 0.15) is 6.04 Å². The summed E-state index contributed by atoms with van der Waals surface area (Å²) in [6, 6.07) is 13.3. The largest absolute Gasteiger partial charge is 0.416 e. The minimum absolute atomic E-state index is 0.0567. The number of nitrogens with one attached hydrogen (secondary N) is 1. The molecule has 4 nitrogen and oxygen atoms in total. The van der Waals surface area contributed by atoms with Crippen LogP contribution in [0.1, 0.15) is 34.3 Å². The Morgan fingerprint density at radius 3 is 2.54 bits per heavy atom. The van der Waals surface area contributed by atoms with Gasteiger partial charge in [0.05, 0.1) is 5.56 Å². The van der Waals surface area contributed by atoms with Crippen molar-refractivity contribution in [2.45, 2.75) is 31.5 Å². The van der Waals surface area contributed by atoms with Crippen LogP contribution in [0.3, 0.4) is 0 Å². The molecule has 1 aliphatic heterocycles. The van der Waals surface area contributed by atoms with Crippen LogP contribution in [-0.2, 0) is 17.4 Å². The summed E-state index contributed by atoms with van der Waals surface area (Å²) in [5, 5.41) is 2.83. The van der Waals surface area contributed by atoms with Crippen LogP contribution in [0.25, 0.3) is 0 Å². The highest BCUT2D eigenvalue weighted by molar-refractivity contribution is 5.98. The quantitative estimate of drug-likeness (QED) is 0.847. The Balaban J connectivity index is 1.63. The first-order chi connectivity index (χ1) is 13.4. The minimum Gasteiger partial charge on any atom is -0.354 e. The Bertz CT molecular complexity index is 837. The molecule has 7 heteroatoms. The SMILES string of the molecule is O=C(NCCc1ccccc1)C1CCCN1C(=O)c1cccc(C(F)(F)F)c1. The van der Waals surface area contributed by atoms with Gasteiger partial charge in [0.2, 0.25) is 5.91 Å². The van der Waals surface area contributed by atoms with Gasteiger partial charge in [-0.3, -0.25) is 9.59 Å². The van der Waals surface area contributed by atoms with E-state index in [0.717, 1.165) is 17.7 Å². The second-order valence-corrected chi connectivity index (χ2v) is 6.76. The van der Waals surface area contributed by atoms with Crippen LogP contribution in [0.4, 0.5) is 13.2 Å². The number of rotatable bonds is 5. The number of amides is 2. The van der Waals surface area contributed by atoms with Gasteiger partial charge in [-0.05, 0) is 43.0 Å². The van der Waals surface area contributed by atoms with Crippen molar-refractivity contribution < 1.29 is 22.8 Å². The molecule has 1 heterocycles. The van der Waals surface area contributed by atoms with Crippen molar-refractivity contribution in [2.24, 2.45) is 0 Å². The highest BCUT2D eigenvalue weighted by atomic mass is 19.4. The highest BCUT2D eigenvalue weighted by Gasteiger charge is 2.36. The van der Waals surface area contributed by atoms with E-state index in [1.807, 2.05) is 30.3 Å². The summed E-state index contributed by atoms with van der Waals surface area (Å²) in [4.78, 5) is 26.6. The molecule has 148 valence electrons. The molecule has 0 spiro atoms. The van der Waals surface area contributed by atoms with Crippen molar-refractivity contribution in [3.8, 4) is 0 Å². The van der Waals surface area contributed by atoms with E-state index in [4.69, 9.17) is 0 Å². The molecule has 0 aliphatic carbocycles. The summed E-state index contributed by atoms with van der Waals surface area (Å²) in [6.45, 7) is 0.788. The second kappa shape index (κ2) is 8.46. The lowest BCUT2D eigenvalue weighted by Gasteiger charge is -2.24. The number of hydrogen-bond acceptors (Lipinski definition) is 2. The van der Waals surface area contributed by atoms with Gasteiger partial charge >= 0.3 is 6.18 Å². The predicted octanol–water partition coefficient (Wildman–Crippen LogP) is 3.67. The molecular formula is C21H21F3N2O2. The average molecular weight is 390 g/mol. The third-order valence-electron chi connectivity index (χ3n) is 4.81. The fraction of sp³-hybridized carbons (Fsp3) is 0.333. The normalized spacial score (nSPS) is 16.8. The predicted molar refractivity (Wildman–Crippen MR) is 98.7 cm³/mol. The maximum absolute atomic E-state index is 12.9. The maximum Gasteiger partial charge on any atom is 0.416 e. The number of carbonyl (C=O) groups is 2. The fourth-order valence-electron chi connectivity index (χ4n) is 3.37. The van der Waals surface area contributed by atoms with E-state index in [1.54, 1.807) is 0 Å². The summed E-state index contributed by atoms with van der Waals surface area (Å²) in [6.07, 6.45) is -2.71. The van der Waals surface area contributed by atoms with Crippen molar-refractivity contribution in [2.75, 3.05) is 13.1 Å². The van der Waals surface area contributed by atoms with Gasteiger partial charge in [-0.25, -0.2) is 0 Å². The van der Waals surface area contributed by atoms with Crippen molar-refractivity contribution >= 4 is 11.8 Å². The van der Waals surface area contributed by atoms with E-state index in [-0.39, 0.29) is 11.5 Å². The van der Waals surface area contributed by atoms with E-state index in [0.29, 0.717) is 32.4 Å². The minimum atomic E-state index is -4.52. The number of likely N-dealkylation sites (tertiary alicyclic amines) is 1. The Hall–Kier alpha value is -2.83. The molecule has 28 heavy (non-hydrogen) atoms. The van der Waals surface area contributed by atoms with Gasteiger partial charge in [0.25, 0.3) is 5.91 Å². The molecule has 1 atom stereocenters. The standard InChI is InChI=1S/C21H21F3N2O2/c22-21(23,24)17-9-4-8-16(14-17)20(28)26-13-5-10-18(26)19(27)25-12-11-15-6-2-1-3-7-15/h1-4,6-9,14,18H,5,10-13H2,(H,25,27). The first-order valence-electron chi connectivity index (χ1n) is 9.16. The van der Waals surface area contributed by atoms with E-state index < -0.39 is 23.7 Å². The Labute approximate surface area is 161 Å². The van der Waals surface area contributed by atoms with Crippen LogP contribution in [0.5, 0.6) is 0 Å². The summed E-state index contributed by atoms with van der Waals surface area (Å²) < 4.78 is 38.7. The van der Waals surface area contributed by atoms with E-state index in [2.05, 4.69) is 5.32 Å². The third kappa shape index (κ3) is 4.71. The summed E-state index contributed by atoms with van der Waals surface area (Å²) in [5.74, 6) is -0.819. The summed E-state index contributed by atoms with van der Waals surface area (Å²) in [5.41, 5.74) is 0.159. The molecule has 0 saturated carbocycles. The van der Waals surface area contributed by atoms with Crippen molar-refractivity contribution in [3.05, 3.63) is 71.3 Å². The molecule has 0 radical (unpaired) electrons. The van der Waals surface area contributed by atoms with Gasteiger partial charge in [0, 0.05) is 18.7 Å². The van der Waals surface area contributed by atoms with Crippen LogP contribution in [-0.4, -0.2) is 35.8 Å². The summed E-state index contributed by atoms with van der Waals surface area (Å²) >= 11 is 0. The number of benzene rings is 2. The zero-order valence-corrected chi connectivity index (χ0v) is 15.2. The van der Waals surface area contributed by atoms with Gasteiger partial charge in [-0.1, -0.05) is 36.4 Å². The molecule has 3 rings (SSSR count). The van der Waals surface area contributed by atoms with Crippen LogP contribution in [0, 0.1) is 0 Å². The topological polar surface area (TPSA) is 49.4 Å². The van der Waals surface area contributed by atoms with Gasteiger partial charge in [-0.2, -0.15) is 13.2 Å². The Morgan fingerprint density at radius 2 is 1.82 bits per heavy atom. The zero-order valence-electron chi connectivity index (χ0n) is 15.2. The summed E-state index contributed by atoms with van der Waals surface area (Å²) in [7, 11) is 0. The molecule has 0 aromatic heterocycles. The Morgan fingerprint density at radius 1 is 1.07 bits per heavy atom. The van der Waals surface area contributed by atoms with Crippen LogP contribution < -0.4 is 5.32 Å². The molecule has 2 amide bonds. The molecular weight excluding hydrogens is 369 g/mol. The number of hydrogen-bond donors (Lipinski definition) is 1. The van der Waals surface area contributed by atoms with Crippen LogP contribution >= 0.6 is 0 Å². The van der Waals surface area contributed by atoms with Crippen LogP contribution in [0.15, 0.2) is 54.6 Å². The van der Waals surface area contributed by atoms with Crippen molar-refractivity contribution in [1.29, 1.82) is 0 Å². The monoisotopic (exact) mass is 390 g/mol. The number of halogens is 3. The highest BCUT2D eigenvalue weighted by Crippen LogP contribution is 2.30. The maximum atomic E-state index is 12.9. The van der Waals surface area contributed by atoms with E-state index in [1.165, 1.54) is 17.0 Å². The molecule has 1 N–H and O–H groups in total. The fourth-order valence-corrected chi connectivity index (χ4v) is 3.37. The molecule has 1 unspecified atom stereocenters. The lowest BCUT2D eigenvalue weighted by Crippen LogP contribution is -2.46. The number of nitrogens with zero attached hydrogens (tertiary/aromatic N) is 1. The second-order valence-electron chi connectivity index (χ2n) is 6.76. The first-order valence-corrected chi connectivity index (χ1v) is 9.16. The average Bonchev–Trinajstić information content (AvgIpc) is 3.17. The molecule has 1 fully saturated rings. The molecule has 2 aromatic rings. The van der Waals surface area contributed by atoms with E-state index >= 15 is 0 Å². The molecule has 2 aromatic carbocycles. The van der Waals surface area contributed by atoms with Gasteiger partial charge in [-0.15, -0.1) is 0 Å². The first kappa shape index (κ1) is 19.9. The van der Waals surface area contributed by atoms with Gasteiger partial charge < -0.3 is 10.2 Å². The number of carbonyl (C=O) groups excluding carboxylic acids is 2. The molecule has 1 aliphatic rings. The smallest absolute Gasteiger partial charge is 0.354 e. The molecule has 0 bridgehead atoms. The lowest BCUT2D eigenvalue weighted by molar-refractivity contribution is -0.137. The van der Waals surface area contributed by atoms with E-state index in [9.17, 15) is 22.8 Å². The van der Waals surface area contributed by atoms with Crippen molar-refractivity contribution in [1.82, 2.24) is 10.2 Å². The van der Waals surface area contributed by atoms with Gasteiger partial charge in [0.15, 0.2) is 0 Å². The third-order valence-corrected chi connectivity index (χ3v) is 4.81. The zero-order chi connectivity index (χ0) is 20.1. The van der Waals surface area contributed by atoms with Crippen LogP contribution in [0.2, 0.25) is 0 Å². The Kier molecular flexibility index (Phi) is 6.02. The number of alkyl halides is 3. The van der Waals surface area contributed by atoms with Crippen molar-refractivity contribution in [3.63, 3.8) is 0 Å².